The average Bonchev–Trinajstić information content (AvgIpc) is 3.57. The molecule has 0 saturated heterocycles. The number of aliphatic hydroxyl groups is 1. The Kier molecular flexibility index (Phi) is 8.56. The SMILES string of the molecule is CC(C)(C)OC(=O)N[C@H](C(=O)NO)[C@@H](Cc1ccc(-c2ccc3c(c2)OCO3)cc1)C(=O)N[C@H]1c2ccccc2C[C@H]1O. The van der Waals surface area contributed by atoms with Crippen LogP contribution in [0.4, 0.5) is 4.79 Å². The van der Waals surface area contributed by atoms with E-state index >= 15 is 0 Å². The van der Waals surface area contributed by atoms with Gasteiger partial charge in [-0.15, -0.1) is 0 Å². The highest BCUT2D eigenvalue weighted by atomic mass is 16.7. The molecule has 1 aliphatic carbocycles. The molecule has 3 amide bonds. The molecule has 5 N–H and O–H groups in total. The largest absolute Gasteiger partial charge is 0.454 e. The lowest BCUT2D eigenvalue weighted by molar-refractivity contribution is -0.138. The van der Waals surface area contributed by atoms with Crippen molar-refractivity contribution in [3.05, 3.63) is 83.4 Å². The smallest absolute Gasteiger partial charge is 0.408 e. The summed E-state index contributed by atoms with van der Waals surface area (Å²) in [5.74, 6) is -1.44. The number of nitrogens with one attached hydrogen (secondary N) is 3. The summed E-state index contributed by atoms with van der Waals surface area (Å²) in [5, 5.41) is 25.6. The Balaban J connectivity index is 1.42. The van der Waals surface area contributed by atoms with Gasteiger partial charge in [0.15, 0.2) is 11.5 Å². The normalized spacial score (nSPS) is 18.3. The molecule has 11 heteroatoms. The van der Waals surface area contributed by atoms with E-state index in [0.29, 0.717) is 23.5 Å². The number of fused-ring (bicyclic) bond motifs is 2. The van der Waals surface area contributed by atoms with E-state index in [1.807, 2.05) is 66.7 Å². The first-order chi connectivity index (χ1) is 20.5. The number of amides is 3. The molecule has 0 saturated carbocycles. The molecule has 4 atom stereocenters. The topological polar surface area (TPSA) is 155 Å². The van der Waals surface area contributed by atoms with Crippen LogP contribution in [0.3, 0.4) is 0 Å². The average molecular weight is 590 g/mol. The van der Waals surface area contributed by atoms with Crippen molar-refractivity contribution >= 4 is 17.9 Å². The number of carbonyl (C=O) groups excluding carboxylic acids is 3. The van der Waals surface area contributed by atoms with E-state index in [4.69, 9.17) is 14.2 Å². The van der Waals surface area contributed by atoms with E-state index in [-0.39, 0.29) is 13.2 Å². The van der Waals surface area contributed by atoms with Gasteiger partial charge in [0.25, 0.3) is 5.91 Å². The van der Waals surface area contributed by atoms with Crippen LogP contribution in [0.25, 0.3) is 11.1 Å². The van der Waals surface area contributed by atoms with E-state index < -0.39 is 47.6 Å². The minimum atomic E-state index is -1.50. The number of hydroxylamine groups is 1. The highest BCUT2D eigenvalue weighted by Gasteiger charge is 2.39. The van der Waals surface area contributed by atoms with Crippen LogP contribution in [0.15, 0.2) is 66.7 Å². The van der Waals surface area contributed by atoms with Crippen LogP contribution in [-0.4, -0.2) is 52.8 Å². The van der Waals surface area contributed by atoms with Crippen LogP contribution in [0.1, 0.15) is 43.5 Å². The summed E-state index contributed by atoms with van der Waals surface area (Å²) in [6, 6.07) is 18.2. The molecule has 0 unspecified atom stereocenters. The summed E-state index contributed by atoms with van der Waals surface area (Å²) in [6.45, 7) is 5.17. The minimum absolute atomic E-state index is 0.0194. The molecule has 0 bridgehead atoms. The summed E-state index contributed by atoms with van der Waals surface area (Å²) >= 11 is 0. The number of aliphatic hydroxyl groups excluding tert-OH is 1. The molecule has 226 valence electrons. The molecule has 2 aliphatic rings. The summed E-state index contributed by atoms with van der Waals surface area (Å²) in [4.78, 5) is 39.5. The monoisotopic (exact) mass is 589 g/mol. The summed E-state index contributed by atoms with van der Waals surface area (Å²) in [6.07, 6.45) is -1.41. The van der Waals surface area contributed by atoms with Crippen molar-refractivity contribution in [1.29, 1.82) is 0 Å². The Hall–Kier alpha value is -4.61. The molecular formula is C32H35N3O8. The summed E-state index contributed by atoms with van der Waals surface area (Å²) < 4.78 is 16.2. The van der Waals surface area contributed by atoms with E-state index in [0.717, 1.165) is 22.3 Å². The molecule has 3 aromatic rings. The lowest BCUT2D eigenvalue weighted by atomic mass is 9.89. The van der Waals surface area contributed by atoms with Gasteiger partial charge in [0.2, 0.25) is 12.7 Å². The van der Waals surface area contributed by atoms with Gasteiger partial charge in [0, 0.05) is 6.42 Å². The second kappa shape index (κ2) is 12.3. The fourth-order valence-corrected chi connectivity index (χ4v) is 5.39. The molecular weight excluding hydrogens is 554 g/mol. The van der Waals surface area contributed by atoms with Crippen molar-refractivity contribution < 1.29 is 38.9 Å². The first kappa shape index (κ1) is 29.9. The van der Waals surface area contributed by atoms with Gasteiger partial charge in [0.05, 0.1) is 18.1 Å². The van der Waals surface area contributed by atoms with Crippen LogP contribution in [0.5, 0.6) is 11.5 Å². The molecule has 11 nitrogen and oxygen atoms in total. The number of hydrogen-bond acceptors (Lipinski definition) is 8. The second-order valence-corrected chi connectivity index (χ2v) is 11.6. The first-order valence-electron chi connectivity index (χ1n) is 14.0. The van der Waals surface area contributed by atoms with E-state index in [1.54, 1.807) is 26.3 Å². The van der Waals surface area contributed by atoms with Gasteiger partial charge in [0.1, 0.15) is 11.6 Å². The number of benzene rings is 3. The number of carbonyl (C=O) groups is 3. The predicted molar refractivity (Wildman–Crippen MR) is 155 cm³/mol. The number of ether oxygens (including phenoxy) is 3. The van der Waals surface area contributed by atoms with Gasteiger partial charge in [-0.2, -0.15) is 0 Å². The quantitative estimate of drug-likeness (QED) is 0.198. The lowest BCUT2D eigenvalue weighted by Gasteiger charge is -2.29. The van der Waals surface area contributed by atoms with Gasteiger partial charge in [-0.1, -0.05) is 54.6 Å². The predicted octanol–water partition coefficient (Wildman–Crippen LogP) is 3.41. The zero-order valence-electron chi connectivity index (χ0n) is 24.1. The van der Waals surface area contributed by atoms with Crippen LogP contribution < -0.4 is 25.6 Å². The molecule has 1 aliphatic heterocycles. The Morgan fingerprint density at radius 2 is 1.65 bits per heavy atom. The van der Waals surface area contributed by atoms with Crippen molar-refractivity contribution in [3.8, 4) is 22.6 Å². The Bertz CT molecular complexity index is 1500. The Morgan fingerprint density at radius 1 is 0.953 bits per heavy atom. The molecule has 3 aromatic carbocycles. The van der Waals surface area contributed by atoms with Crippen LogP contribution >= 0.6 is 0 Å². The molecule has 0 radical (unpaired) electrons. The zero-order valence-corrected chi connectivity index (χ0v) is 24.1. The van der Waals surface area contributed by atoms with Crippen molar-refractivity contribution in [2.75, 3.05) is 6.79 Å². The summed E-state index contributed by atoms with van der Waals surface area (Å²) in [5.41, 5.74) is 4.87. The molecule has 0 aromatic heterocycles. The fraction of sp³-hybridized carbons (Fsp3) is 0.344. The fourth-order valence-electron chi connectivity index (χ4n) is 5.39. The lowest BCUT2D eigenvalue weighted by Crippen LogP contribution is -2.56. The van der Waals surface area contributed by atoms with E-state index in [1.165, 1.54) is 0 Å². The zero-order chi connectivity index (χ0) is 30.7. The Morgan fingerprint density at radius 3 is 2.37 bits per heavy atom. The van der Waals surface area contributed by atoms with Crippen molar-refractivity contribution in [2.24, 2.45) is 5.92 Å². The van der Waals surface area contributed by atoms with Crippen molar-refractivity contribution in [1.82, 2.24) is 16.1 Å². The number of rotatable bonds is 8. The van der Waals surface area contributed by atoms with Crippen LogP contribution in [0, 0.1) is 5.92 Å². The number of alkyl carbamates (subject to hydrolysis) is 1. The van der Waals surface area contributed by atoms with Gasteiger partial charge in [-0.3, -0.25) is 14.8 Å². The molecule has 0 fully saturated rings. The third kappa shape index (κ3) is 6.90. The first-order valence-corrected chi connectivity index (χ1v) is 14.0. The number of hydrogen-bond donors (Lipinski definition) is 5. The molecule has 0 spiro atoms. The van der Waals surface area contributed by atoms with Gasteiger partial charge >= 0.3 is 6.09 Å². The van der Waals surface area contributed by atoms with Gasteiger partial charge in [-0.25, -0.2) is 10.3 Å². The Labute approximate surface area is 249 Å². The maximum atomic E-state index is 13.9. The van der Waals surface area contributed by atoms with E-state index in [9.17, 15) is 24.7 Å². The standard InChI is InChI=1S/C32H35N3O8/c1-32(2,3)43-31(39)34-28(30(38)35-40)23(29(37)33-27-22-7-5-4-6-21(22)15-24(27)36)14-18-8-10-19(11-9-18)20-12-13-25-26(16-20)42-17-41-25/h4-13,16,23-24,27-28,36,40H,14-15,17H2,1-3H3,(H,33,37)(H,34,39)(H,35,38)/t23-,24-,27+,28+/m1/s1. The third-order valence-electron chi connectivity index (χ3n) is 7.42. The highest BCUT2D eigenvalue weighted by Crippen LogP contribution is 2.36. The molecule has 5 rings (SSSR count). The van der Waals surface area contributed by atoms with Gasteiger partial charge < -0.3 is 30.0 Å². The maximum absolute atomic E-state index is 13.9. The van der Waals surface area contributed by atoms with Gasteiger partial charge in [-0.05, 0) is 67.1 Å². The van der Waals surface area contributed by atoms with Crippen molar-refractivity contribution in [3.63, 3.8) is 0 Å². The maximum Gasteiger partial charge on any atom is 0.408 e. The second-order valence-electron chi connectivity index (χ2n) is 11.6. The van der Waals surface area contributed by atoms with Crippen molar-refractivity contribution in [2.45, 2.75) is 57.4 Å². The van der Waals surface area contributed by atoms with E-state index in [2.05, 4.69) is 10.6 Å². The summed E-state index contributed by atoms with van der Waals surface area (Å²) in [7, 11) is 0. The molecule has 43 heavy (non-hydrogen) atoms. The molecule has 1 heterocycles. The minimum Gasteiger partial charge on any atom is -0.454 e. The van der Waals surface area contributed by atoms with Crippen LogP contribution in [0.2, 0.25) is 0 Å². The third-order valence-corrected chi connectivity index (χ3v) is 7.42. The highest BCUT2D eigenvalue weighted by molar-refractivity contribution is 5.92. The van der Waals surface area contributed by atoms with Crippen LogP contribution in [-0.2, 0) is 27.2 Å².